The van der Waals surface area contributed by atoms with E-state index >= 15 is 0 Å². The van der Waals surface area contributed by atoms with Crippen molar-refractivity contribution in [3.63, 3.8) is 0 Å². The lowest BCUT2D eigenvalue weighted by Gasteiger charge is -2.69. The van der Waals surface area contributed by atoms with E-state index in [-0.39, 0.29) is 48.2 Å². The number of nitrogens with zero attached hydrogens (tertiary/aromatic N) is 1. The molecule has 5 unspecified atom stereocenters. The fraction of sp³-hybridized carbons (Fsp3) is 0.758. The van der Waals surface area contributed by atoms with Crippen molar-refractivity contribution in [1.82, 2.24) is 4.90 Å². The number of carbonyl (C=O) groups excluding carboxylic acids is 2. The van der Waals surface area contributed by atoms with Crippen LogP contribution < -0.4 is 4.74 Å². The number of aliphatic hydroxyl groups is 2. The third-order valence-electron chi connectivity index (χ3n) is 12.8. The van der Waals surface area contributed by atoms with Crippen LogP contribution >= 0.6 is 0 Å². The molecule has 1 heterocycles. The summed E-state index contributed by atoms with van der Waals surface area (Å²) < 4.78 is 36.0. The molecule has 6 fully saturated rings. The summed E-state index contributed by atoms with van der Waals surface area (Å²) in [5, 5.41) is 24.4. The van der Waals surface area contributed by atoms with Crippen molar-refractivity contribution >= 4 is 11.8 Å². The zero-order chi connectivity index (χ0) is 31.3. The Bertz CT molecular complexity index is 1310. The maximum atomic E-state index is 14.5. The molecule has 6 aliphatic rings. The lowest BCUT2D eigenvalue weighted by atomic mass is 9.43. The van der Waals surface area contributed by atoms with Crippen molar-refractivity contribution in [1.29, 1.82) is 0 Å². The van der Waals surface area contributed by atoms with Crippen molar-refractivity contribution in [3.8, 4) is 5.75 Å². The molecular formula is C33H45NO10. The van der Waals surface area contributed by atoms with E-state index in [0.29, 0.717) is 37.4 Å². The number of hydrogen-bond acceptors (Lipinski definition) is 11. The van der Waals surface area contributed by atoms with Crippen LogP contribution in [0.1, 0.15) is 30.1 Å². The van der Waals surface area contributed by atoms with Gasteiger partial charge < -0.3 is 38.6 Å². The molecule has 44 heavy (non-hydrogen) atoms. The van der Waals surface area contributed by atoms with E-state index in [1.807, 2.05) is 0 Å². The molecule has 11 heteroatoms. The van der Waals surface area contributed by atoms with Gasteiger partial charge in [0.25, 0.3) is 0 Å². The second kappa shape index (κ2) is 10.4. The Hall–Kier alpha value is -2.12. The van der Waals surface area contributed by atoms with Crippen LogP contribution in [0.25, 0.3) is 0 Å². The highest BCUT2D eigenvalue weighted by Crippen LogP contribution is 2.78. The van der Waals surface area contributed by atoms with Crippen molar-refractivity contribution in [2.45, 2.75) is 61.9 Å². The maximum absolute atomic E-state index is 14.5. The molecule has 1 aromatic rings. The van der Waals surface area contributed by atoms with Gasteiger partial charge in [-0.15, -0.1) is 0 Å². The standard InChI is InChI=1S/C33H45NO10/c1-7-34-14-31(15-39-2)19(35)12-20(41-4)33-18-13-32(38)28(44-30(37)16-8-10-17(40-3)11-9-16)21(18)22(24(36)29(32)43-6)23(27(33)34)25(42-5)26(31)33/h8-11,18-23,25-29,35,38H,7,12-15H2,1-6H3/t18-,19-,20?,21+,22+,23?,25?,26-,27?,28-,29+,31+,32-,33?/m1/s1. The molecule has 14 atom stereocenters. The molecule has 242 valence electrons. The number of carbonyl (C=O) groups is 2. The highest BCUT2D eigenvalue weighted by molar-refractivity contribution is 5.92. The zero-order valence-electron chi connectivity index (χ0n) is 26.3. The highest BCUT2D eigenvalue weighted by atomic mass is 16.6. The van der Waals surface area contributed by atoms with Gasteiger partial charge in [-0.25, -0.2) is 4.79 Å². The van der Waals surface area contributed by atoms with Gasteiger partial charge in [-0.05, 0) is 43.1 Å². The van der Waals surface area contributed by atoms with Crippen molar-refractivity contribution in [2.75, 3.05) is 55.2 Å². The van der Waals surface area contributed by atoms with Gasteiger partial charge in [0.2, 0.25) is 0 Å². The third-order valence-corrected chi connectivity index (χ3v) is 12.8. The summed E-state index contributed by atoms with van der Waals surface area (Å²) >= 11 is 0. The molecule has 1 aliphatic heterocycles. The topological polar surface area (TPSA) is 133 Å². The quantitative estimate of drug-likeness (QED) is 0.388. The van der Waals surface area contributed by atoms with E-state index in [1.54, 1.807) is 52.7 Å². The summed E-state index contributed by atoms with van der Waals surface area (Å²) in [4.78, 5) is 30.6. The lowest BCUT2D eigenvalue weighted by molar-refractivity contribution is -0.280. The van der Waals surface area contributed by atoms with Crippen LogP contribution in [-0.4, -0.2) is 124 Å². The van der Waals surface area contributed by atoms with Gasteiger partial charge in [0.1, 0.15) is 23.6 Å². The molecule has 11 nitrogen and oxygen atoms in total. The summed E-state index contributed by atoms with van der Waals surface area (Å²) in [6, 6.07) is 6.53. The number of fused-ring (bicyclic) bond motifs is 2. The monoisotopic (exact) mass is 615 g/mol. The molecule has 1 saturated heterocycles. The van der Waals surface area contributed by atoms with Gasteiger partial charge >= 0.3 is 5.97 Å². The van der Waals surface area contributed by atoms with Crippen LogP contribution in [-0.2, 0) is 28.5 Å². The predicted molar refractivity (Wildman–Crippen MR) is 155 cm³/mol. The first-order chi connectivity index (χ1) is 21.1. The molecule has 2 N–H and O–H groups in total. The minimum absolute atomic E-state index is 0.101. The van der Waals surface area contributed by atoms with Gasteiger partial charge in [0, 0.05) is 81.9 Å². The van der Waals surface area contributed by atoms with Crippen LogP contribution in [0.2, 0.25) is 0 Å². The average molecular weight is 616 g/mol. The first kappa shape index (κ1) is 30.5. The summed E-state index contributed by atoms with van der Waals surface area (Å²) in [5.41, 5.74) is -2.69. The molecule has 0 amide bonds. The van der Waals surface area contributed by atoms with Crippen LogP contribution in [0.15, 0.2) is 24.3 Å². The molecule has 1 spiro atoms. The molecule has 1 aromatic carbocycles. The molecular weight excluding hydrogens is 570 g/mol. The van der Waals surface area contributed by atoms with E-state index in [1.165, 1.54) is 7.11 Å². The fourth-order valence-electron chi connectivity index (χ4n) is 11.8. The molecule has 0 radical (unpaired) electrons. The largest absolute Gasteiger partial charge is 0.497 e. The van der Waals surface area contributed by atoms with Gasteiger partial charge in [0.15, 0.2) is 5.78 Å². The summed E-state index contributed by atoms with van der Waals surface area (Å²) in [7, 11) is 8.02. The second-order valence-corrected chi connectivity index (χ2v) is 13.9. The normalized spacial score (nSPS) is 48.4. The number of hydrogen-bond donors (Lipinski definition) is 2. The average Bonchev–Trinajstić information content (AvgIpc) is 3.36. The number of piperidine rings is 1. The number of aliphatic hydroxyl groups excluding tert-OH is 1. The Morgan fingerprint density at radius 2 is 1.77 bits per heavy atom. The first-order valence-electron chi connectivity index (χ1n) is 15.7. The van der Waals surface area contributed by atoms with E-state index in [2.05, 4.69) is 11.8 Å². The summed E-state index contributed by atoms with van der Waals surface area (Å²) in [5.74, 6) is -1.98. The Kier molecular flexibility index (Phi) is 7.25. The molecule has 0 aromatic heterocycles. The smallest absolute Gasteiger partial charge is 0.338 e. The van der Waals surface area contributed by atoms with Gasteiger partial charge in [0.05, 0.1) is 37.6 Å². The highest BCUT2D eigenvalue weighted by Gasteiger charge is 2.87. The van der Waals surface area contributed by atoms with E-state index < -0.39 is 52.5 Å². The number of rotatable bonds is 9. The zero-order valence-corrected chi connectivity index (χ0v) is 26.3. The maximum Gasteiger partial charge on any atom is 0.338 e. The Morgan fingerprint density at radius 3 is 2.36 bits per heavy atom. The summed E-state index contributed by atoms with van der Waals surface area (Å²) in [6.07, 6.45) is -3.03. The predicted octanol–water partition coefficient (Wildman–Crippen LogP) is 1.18. The van der Waals surface area contributed by atoms with Crippen molar-refractivity contribution in [2.24, 2.45) is 40.4 Å². The molecule has 7 bridgehead atoms. The number of likely N-dealkylation sites (tertiary alicyclic amines) is 1. The summed E-state index contributed by atoms with van der Waals surface area (Å²) in [6.45, 7) is 3.73. The Labute approximate surface area is 258 Å². The van der Waals surface area contributed by atoms with E-state index in [9.17, 15) is 19.8 Å². The molecule has 5 saturated carbocycles. The minimum Gasteiger partial charge on any atom is -0.497 e. The third kappa shape index (κ3) is 3.47. The Balaban J connectivity index is 1.42. The van der Waals surface area contributed by atoms with Crippen LogP contribution in [0.5, 0.6) is 5.75 Å². The number of benzene rings is 1. The van der Waals surface area contributed by atoms with Crippen LogP contribution in [0.3, 0.4) is 0 Å². The lowest BCUT2D eigenvalue weighted by Crippen LogP contribution is -2.77. The number of methoxy groups -OCH3 is 5. The van der Waals surface area contributed by atoms with Crippen molar-refractivity contribution in [3.05, 3.63) is 29.8 Å². The number of esters is 1. The SMILES string of the molecule is CCN1C[C@]2(COC)[C@H](O)CC(OC)C34C1C(C(OC)[C@@H]32)[C@H]1C(=O)[C@H](OC)[C@@]2(O)C[C@@H]4[C@@H]1[C@H]2OC(=O)c1ccc(OC)cc1. The van der Waals surface area contributed by atoms with Crippen LogP contribution in [0, 0.1) is 40.4 Å². The number of ketones is 1. The van der Waals surface area contributed by atoms with Gasteiger partial charge in [-0.1, -0.05) is 6.92 Å². The van der Waals surface area contributed by atoms with Gasteiger partial charge in [-0.2, -0.15) is 0 Å². The van der Waals surface area contributed by atoms with Crippen molar-refractivity contribution < 1.29 is 48.2 Å². The number of Topliss-reactive ketones (excluding diaryl/α,β-unsaturated/α-hetero) is 1. The van der Waals surface area contributed by atoms with E-state index in [0.717, 1.165) is 0 Å². The van der Waals surface area contributed by atoms with E-state index in [4.69, 9.17) is 28.4 Å². The number of ether oxygens (including phenoxy) is 6. The minimum atomic E-state index is -1.73. The van der Waals surface area contributed by atoms with Crippen LogP contribution in [0.4, 0.5) is 0 Å². The Morgan fingerprint density at radius 1 is 1.05 bits per heavy atom. The fourth-order valence-corrected chi connectivity index (χ4v) is 11.8. The molecule has 7 rings (SSSR count). The first-order valence-corrected chi connectivity index (χ1v) is 15.7. The second-order valence-electron chi connectivity index (χ2n) is 13.9. The van der Waals surface area contributed by atoms with Gasteiger partial charge in [-0.3, -0.25) is 9.69 Å². The molecule has 5 aliphatic carbocycles.